The second kappa shape index (κ2) is 4.13. The van der Waals surface area contributed by atoms with Crippen molar-refractivity contribution in [1.29, 1.82) is 0 Å². The van der Waals surface area contributed by atoms with E-state index in [0.29, 0.717) is 6.42 Å². The van der Waals surface area contributed by atoms with Crippen LogP contribution in [0, 0.1) is 0 Å². The maximum absolute atomic E-state index is 11.7. The van der Waals surface area contributed by atoms with Crippen molar-refractivity contribution < 1.29 is 9.53 Å². The van der Waals surface area contributed by atoms with Crippen molar-refractivity contribution >= 4 is 22.4 Å². The maximum atomic E-state index is 11.7. The first-order valence-electron chi connectivity index (χ1n) is 6.95. The van der Waals surface area contributed by atoms with Crippen molar-refractivity contribution in [2.75, 3.05) is 20.2 Å². The van der Waals surface area contributed by atoms with E-state index in [2.05, 4.69) is 16.0 Å². The highest BCUT2D eigenvalue weighted by Gasteiger charge is 2.28. The lowest BCUT2D eigenvalue weighted by molar-refractivity contribution is -0.115. The van der Waals surface area contributed by atoms with Crippen LogP contribution in [0.4, 0.5) is 0 Å². The summed E-state index contributed by atoms with van der Waals surface area (Å²) < 4.78 is 5.28. The van der Waals surface area contributed by atoms with Crippen LogP contribution < -0.4 is 4.74 Å². The van der Waals surface area contributed by atoms with Crippen molar-refractivity contribution in [3.8, 4) is 5.75 Å². The van der Waals surface area contributed by atoms with E-state index in [1.54, 1.807) is 13.2 Å². The number of rotatable bonds is 1. The topological polar surface area (TPSA) is 45.3 Å². The molecule has 102 valence electrons. The van der Waals surface area contributed by atoms with E-state index in [0.717, 1.165) is 42.2 Å². The van der Waals surface area contributed by atoms with Gasteiger partial charge in [-0.15, -0.1) is 0 Å². The molecule has 1 N–H and O–H groups in total. The first kappa shape index (κ1) is 11.6. The minimum Gasteiger partial charge on any atom is -0.497 e. The third kappa shape index (κ3) is 1.57. The van der Waals surface area contributed by atoms with Gasteiger partial charge in [0.05, 0.1) is 18.5 Å². The normalized spacial score (nSPS) is 17.8. The molecule has 2 aromatic rings. The van der Waals surface area contributed by atoms with E-state index >= 15 is 0 Å². The molecular formula is C16H16N2O2. The molecule has 0 fully saturated rings. The van der Waals surface area contributed by atoms with E-state index in [-0.39, 0.29) is 5.78 Å². The number of allylic oxidation sites excluding steroid dienone is 1. The van der Waals surface area contributed by atoms with Crippen LogP contribution in [0.2, 0.25) is 0 Å². The lowest BCUT2D eigenvalue weighted by atomic mass is 9.97. The summed E-state index contributed by atoms with van der Waals surface area (Å²) in [6.45, 7) is 1.83. The van der Waals surface area contributed by atoms with E-state index in [4.69, 9.17) is 4.74 Å². The molecule has 0 spiro atoms. The summed E-state index contributed by atoms with van der Waals surface area (Å²) in [7, 11) is 1.67. The van der Waals surface area contributed by atoms with E-state index in [1.807, 2.05) is 12.1 Å². The van der Waals surface area contributed by atoms with Gasteiger partial charge in [-0.05, 0) is 24.1 Å². The van der Waals surface area contributed by atoms with Crippen LogP contribution >= 0.6 is 0 Å². The number of methoxy groups -OCH3 is 1. The van der Waals surface area contributed by atoms with Crippen molar-refractivity contribution in [3.05, 3.63) is 35.5 Å². The van der Waals surface area contributed by atoms with Crippen molar-refractivity contribution in [2.24, 2.45) is 0 Å². The largest absolute Gasteiger partial charge is 0.497 e. The van der Waals surface area contributed by atoms with Gasteiger partial charge in [0.2, 0.25) is 0 Å². The highest BCUT2D eigenvalue weighted by Crippen LogP contribution is 2.36. The summed E-state index contributed by atoms with van der Waals surface area (Å²) in [5.41, 5.74) is 4.56. The highest BCUT2D eigenvalue weighted by molar-refractivity contribution is 6.00. The second-order valence-electron chi connectivity index (χ2n) is 5.37. The number of fused-ring (bicyclic) bond motifs is 5. The molecule has 4 heteroatoms. The summed E-state index contributed by atoms with van der Waals surface area (Å²) in [5, 5.41) is 1.24. The molecule has 0 unspecified atom stereocenters. The molecule has 0 radical (unpaired) electrons. The van der Waals surface area contributed by atoms with E-state index in [9.17, 15) is 4.79 Å². The standard InChI is InChI=1S/C16H16N2O2/c1-20-11-2-3-12-13-5-7-18-6-4-10(19)8-15(18)16(13)17-14(12)9-11/h2-3,8-9,17H,4-7H2,1H3. The molecule has 0 saturated heterocycles. The molecule has 0 atom stereocenters. The Morgan fingerprint density at radius 3 is 2.95 bits per heavy atom. The zero-order chi connectivity index (χ0) is 13.7. The van der Waals surface area contributed by atoms with Gasteiger partial charge in [-0.3, -0.25) is 4.79 Å². The lowest BCUT2D eigenvalue weighted by Crippen LogP contribution is -2.34. The molecule has 4 nitrogen and oxygen atoms in total. The Morgan fingerprint density at radius 1 is 1.25 bits per heavy atom. The fourth-order valence-electron chi connectivity index (χ4n) is 3.23. The van der Waals surface area contributed by atoms with Gasteiger partial charge in [-0.1, -0.05) is 0 Å². The zero-order valence-electron chi connectivity index (χ0n) is 11.4. The predicted molar refractivity (Wildman–Crippen MR) is 77.7 cm³/mol. The number of H-pyrrole nitrogens is 1. The third-order valence-corrected chi connectivity index (χ3v) is 4.27. The van der Waals surface area contributed by atoms with Crippen LogP contribution in [0.25, 0.3) is 16.6 Å². The predicted octanol–water partition coefficient (Wildman–Crippen LogP) is 2.35. The summed E-state index contributed by atoms with van der Waals surface area (Å²) in [6.07, 6.45) is 3.44. The second-order valence-corrected chi connectivity index (χ2v) is 5.37. The average Bonchev–Trinajstić information content (AvgIpc) is 2.85. The molecule has 2 aliphatic heterocycles. The zero-order valence-corrected chi connectivity index (χ0v) is 11.4. The Kier molecular flexibility index (Phi) is 2.39. The maximum Gasteiger partial charge on any atom is 0.159 e. The number of ketones is 1. The average molecular weight is 268 g/mol. The Morgan fingerprint density at radius 2 is 2.10 bits per heavy atom. The number of carbonyl (C=O) groups excluding carboxylic acids is 1. The molecule has 0 saturated carbocycles. The molecule has 20 heavy (non-hydrogen) atoms. The molecule has 0 bridgehead atoms. The van der Waals surface area contributed by atoms with Crippen molar-refractivity contribution in [1.82, 2.24) is 9.88 Å². The fourth-order valence-corrected chi connectivity index (χ4v) is 3.23. The first-order valence-corrected chi connectivity index (χ1v) is 6.95. The lowest BCUT2D eigenvalue weighted by Gasteiger charge is -2.33. The summed E-state index contributed by atoms with van der Waals surface area (Å²) in [5.74, 6) is 1.07. The smallest absolute Gasteiger partial charge is 0.159 e. The number of ether oxygens (including phenoxy) is 1. The number of aromatic amines is 1. The molecule has 4 rings (SSSR count). The number of carbonyl (C=O) groups is 1. The monoisotopic (exact) mass is 268 g/mol. The number of hydrogen-bond donors (Lipinski definition) is 1. The summed E-state index contributed by atoms with van der Waals surface area (Å²) in [6, 6.07) is 6.11. The van der Waals surface area contributed by atoms with Gasteiger partial charge in [0.1, 0.15) is 5.75 Å². The van der Waals surface area contributed by atoms with Gasteiger partial charge in [-0.25, -0.2) is 0 Å². The van der Waals surface area contributed by atoms with Gasteiger partial charge in [-0.2, -0.15) is 0 Å². The number of hydrogen-bond acceptors (Lipinski definition) is 3. The number of aromatic nitrogens is 1. The van der Waals surface area contributed by atoms with Crippen LogP contribution in [-0.2, 0) is 11.2 Å². The molecule has 1 aromatic carbocycles. The van der Waals surface area contributed by atoms with Gasteiger partial charge >= 0.3 is 0 Å². The number of nitrogens with zero attached hydrogens (tertiary/aromatic N) is 1. The minimum atomic E-state index is 0.223. The molecular weight excluding hydrogens is 252 g/mol. The molecule has 0 aliphatic carbocycles. The molecule has 3 heterocycles. The molecule has 1 aromatic heterocycles. The van der Waals surface area contributed by atoms with Crippen LogP contribution in [0.5, 0.6) is 5.75 Å². The fraction of sp³-hybridized carbons (Fsp3) is 0.312. The minimum absolute atomic E-state index is 0.223. The van der Waals surface area contributed by atoms with Crippen molar-refractivity contribution in [2.45, 2.75) is 12.8 Å². The summed E-state index contributed by atoms with van der Waals surface area (Å²) in [4.78, 5) is 17.5. The number of nitrogens with one attached hydrogen (secondary N) is 1. The number of benzene rings is 1. The van der Waals surface area contributed by atoms with Crippen LogP contribution in [-0.4, -0.2) is 35.9 Å². The van der Waals surface area contributed by atoms with Crippen LogP contribution in [0.3, 0.4) is 0 Å². The highest BCUT2D eigenvalue weighted by atomic mass is 16.5. The molecule has 2 aliphatic rings. The van der Waals surface area contributed by atoms with Crippen molar-refractivity contribution in [3.63, 3.8) is 0 Å². The Hall–Kier alpha value is -2.23. The third-order valence-electron chi connectivity index (χ3n) is 4.27. The SMILES string of the molecule is COc1ccc2c3c([nH]c2c1)C1=CC(=O)CCN1CC3. The van der Waals surface area contributed by atoms with E-state index < -0.39 is 0 Å². The quantitative estimate of drug-likeness (QED) is 0.863. The van der Waals surface area contributed by atoms with Crippen LogP contribution in [0.15, 0.2) is 24.3 Å². The van der Waals surface area contributed by atoms with Gasteiger partial charge in [0.25, 0.3) is 0 Å². The Labute approximate surface area is 117 Å². The molecule has 0 amide bonds. The van der Waals surface area contributed by atoms with E-state index in [1.165, 1.54) is 10.9 Å². The van der Waals surface area contributed by atoms with Crippen LogP contribution in [0.1, 0.15) is 17.7 Å². The Balaban J connectivity index is 1.93. The first-order chi connectivity index (χ1) is 9.76. The van der Waals surface area contributed by atoms with Gasteiger partial charge in [0, 0.05) is 42.6 Å². The van der Waals surface area contributed by atoms with Gasteiger partial charge in [0.15, 0.2) is 5.78 Å². The Bertz CT molecular complexity index is 742. The van der Waals surface area contributed by atoms with Gasteiger partial charge < -0.3 is 14.6 Å². The summed E-state index contributed by atoms with van der Waals surface area (Å²) >= 11 is 0.